The molecule has 5 fully saturated rings. The van der Waals surface area contributed by atoms with Gasteiger partial charge in [0.05, 0.1) is 39.1 Å². The van der Waals surface area contributed by atoms with Crippen molar-refractivity contribution in [3.8, 4) is 0 Å². The van der Waals surface area contributed by atoms with Gasteiger partial charge in [-0.2, -0.15) is 9.97 Å². The van der Waals surface area contributed by atoms with Gasteiger partial charge in [-0.05, 0) is 32.9 Å². The van der Waals surface area contributed by atoms with Gasteiger partial charge < -0.3 is 64.9 Å². The molecule has 5 aliphatic heterocycles. The fourth-order valence-corrected chi connectivity index (χ4v) is 14.6. The number of hydrogen-bond acceptors (Lipinski definition) is 31. The van der Waals surface area contributed by atoms with Crippen LogP contribution < -0.4 is 56.6 Å². The minimum atomic E-state index is -5.55. The summed E-state index contributed by atoms with van der Waals surface area (Å²) >= 11 is 0. The van der Waals surface area contributed by atoms with E-state index < -0.39 is 221 Å². The third-order valence-electron chi connectivity index (χ3n) is 15.5. The first-order chi connectivity index (χ1) is 44.6. The highest BCUT2D eigenvalue weighted by Gasteiger charge is 2.50. The standard InChI is InChI=1S/C48H64N12O31P4/c1-21-13-58(46(68)53-41(21)63)38-9-25(29(16-61)83-38)88-93(73,74)80-19-32-27(11-39(86-32)59-14-22(2)42(64)54-47(59)69)91-95(77,78)82-20-33-28(12-40(87-33)60-15-23(3)43(65)55-48(60)70)90-94(75,76)81-18-31-26(10-37(85-31)57-7-5-35(50)52-45(57)67)89-92(71,72)79-17-30-24(62)8-36(84-30)56-6-4-34(49)51-44(56)66/h4-7,13-15,24-33,36-40,61-62H,8-12,16-20H2,1-3H3,(H,71,72)(H,73,74)(H,75,76)(H,77,78)(H2,49,51,66)(H2,50,52,67)(H,53,63,68)(H,54,64,69)(H,55,65,70)/t24-,25-,26-,27-,28-,29+,30+,31+,32+,33+,36+,37+,38+,39+,40+/m0/s1. The van der Waals surface area contributed by atoms with Crippen LogP contribution in [0.1, 0.15) is 79.9 Å². The number of phosphoric acid groups is 4. The largest absolute Gasteiger partial charge is 0.472 e. The first kappa shape index (κ1) is 71.3. The molecule has 5 aromatic heterocycles. The zero-order valence-corrected chi connectivity index (χ0v) is 53.3. The topological polar surface area (TPSA) is 596 Å². The minimum absolute atomic E-state index is 0.00334. The van der Waals surface area contributed by atoms with E-state index in [1.165, 1.54) is 39.1 Å². The summed E-state index contributed by atoms with van der Waals surface area (Å²) in [5.41, 5.74) is 4.25. The summed E-state index contributed by atoms with van der Waals surface area (Å²) in [5, 5.41) is 20.8. The van der Waals surface area contributed by atoms with Crippen LogP contribution in [0.25, 0.3) is 0 Å². The molecule has 0 bridgehead atoms. The molecular formula is C48H64N12O31P4. The average Bonchev–Trinajstić information content (AvgIpc) is 1.72. The van der Waals surface area contributed by atoms with E-state index in [0.717, 1.165) is 47.6 Å². The van der Waals surface area contributed by atoms with Crippen LogP contribution in [0.4, 0.5) is 11.6 Å². The quantitative estimate of drug-likeness (QED) is 0.0246. The van der Waals surface area contributed by atoms with Gasteiger partial charge in [0.1, 0.15) is 97.7 Å². The zero-order valence-electron chi connectivity index (χ0n) is 49.7. The van der Waals surface area contributed by atoms with E-state index in [9.17, 15) is 86.4 Å². The van der Waals surface area contributed by atoms with E-state index >= 15 is 0 Å². The molecule has 43 nitrogen and oxygen atoms in total. The minimum Gasteiger partial charge on any atom is -0.394 e. The number of rotatable bonds is 26. The van der Waals surface area contributed by atoms with Crippen LogP contribution >= 0.6 is 31.3 Å². The number of nitrogens with two attached hydrogens (primary N) is 2. The van der Waals surface area contributed by atoms with E-state index in [4.69, 9.17) is 71.3 Å². The highest BCUT2D eigenvalue weighted by Crippen LogP contribution is 2.55. The van der Waals surface area contributed by atoms with E-state index in [-0.39, 0.29) is 41.2 Å². The Labute approximate surface area is 530 Å². The van der Waals surface area contributed by atoms with Crippen molar-refractivity contribution in [3.05, 3.63) is 143 Å². The monoisotopic (exact) mass is 1430 g/mol. The molecule has 0 amide bonds. The summed E-state index contributed by atoms with van der Waals surface area (Å²) in [4.78, 5) is 159. The molecule has 10 rings (SSSR count). The maximum atomic E-state index is 14.1. The Kier molecular flexibility index (Phi) is 21.4. The van der Waals surface area contributed by atoms with Crippen molar-refractivity contribution >= 4 is 42.9 Å². The van der Waals surface area contributed by atoms with E-state index in [1.54, 1.807) is 0 Å². The lowest BCUT2D eigenvalue weighted by Gasteiger charge is -2.25. The van der Waals surface area contributed by atoms with Crippen LogP contribution in [0, 0.1) is 20.8 Å². The number of anilines is 2. The molecule has 5 aromatic rings. The van der Waals surface area contributed by atoms with Gasteiger partial charge in [-0.1, -0.05) is 0 Å². The zero-order chi connectivity index (χ0) is 68.8. The van der Waals surface area contributed by atoms with Gasteiger partial charge in [0.15, 0.2) is 0 Å². The lowest BCUT2D eigenvalue weighted by molar-refractivity contribution is -0.0651. The SMILES string of the molecule is Cc1cn([C@H]2C[C@H](OP(=O)(O)OC[C@H]3O[C@@H](n4cc(C)c(=O)[nH]c4=O)C[C@@H]3OP(=O)(O)OC[C@H]3O[C@@H](n4cc(C)c(=O)[nH]c4=O)C[C@@H]3OP(=O)(O)OC[C@H]3O[C@@H](n4ccc(N)nc4=O)C[C@@H]3OP(=O)(O)OC[C@H]3O[C@@H](n4ccc(N)nc4=O)C[C@@H]3O)[C@@H](CO)O2)c(=O)[nH]c1=O. The fraction of sp³-hybridized carbons (Fsp3) is 0.583. The Morgan fingerprint density at radius 3 is 1.05 bits per heavy atom. The molecule has 5 aliphatic rings. The molecule has 0 aromatic carbocycles. The van der Waals surface area contributed by atoms with Crippen LogP contribution in [0.2, 0.25) is 0 Å². The van der Waals surface area contributed by atoms with Gasteiger partial charge in [0.25, 0.3) is 16.7 Å². The Morgan fingerprint density at radius 2 is 0.737 bits per heavy atom. The van der Waals surface area contributed by atoms with E-state index in [2.05, 4.69) is 24.9 Å². The number of aliphatic hydroxyl groups excluding tert-OH is 2. The van der Waals surface area contributed by atoms with E-state index in [0.29, 0.717) is 0 Å². The lowest BCUT2D eigenvalue weighted by Crippen LogP contribution is -2.33. The number of hydrogen-bond donors (Lipinski definition) is 11. The van der Waals surface area contributed by atoms with Gasteiger partial charge in [-0.15, -0.1) is 0 Å². The van der Waals surface area contributed by atoms with Crippen molar-refractivity contribution in [1.29, 1.82) is 0 Å². The molecule has 5 saturated heterocycles. The van der Waals surface area contributed by atoms with E-state index in [1.807, 2.05) is 0 Å². The second kappa shape index (κ2) is 28.6. The molecule has 0 aliphatic carbocycles. The van der Waals surface area contributed by atoms with Gasteiger partial charge in [0, 0.05) is 79.8 Å². The Morgan fingerprint density at radius 1 is 0.463 bits per heavy atom. The predicted octanol–water partition coefficient (Wildman–Crippen LogP) is -2.96. The molecule has 13 N–H and O–H groups in total. The second-order valence-electron chi connectivity index (χ2n) is 22.2. The number of ether oxygens (including phenoxy) is 5. The Balaban J connectivity index is 0.830. The average molecular weight is 1430 g/mol. The highest BCUT2D eigenvalue weighted by atomic mass is 31.2. The van der Waals surface area contributed by atoms with Crippen LogP contribution in [0.5, 0.6) is 0 Å². The van der Waals surface area contributed by atoms with Crippen molar-refractivity contribution in [2.45, 2.75) is 145 Å². The molecule has 0 spiro atoms. The van der Waals surface area contributed by atoms with Gasteiger partial charge >= 0.3 is 59.7 Å². The van der Waals surface area contributed by atoms with Gasteiger partial charge in [-0.3, -0.25) is 88.4 Å². The molecule has 19 atom stereocenters. The van der Waals surface area contributed by atoms with Crippen LogP contribution in [-0.2, 0) is 78.1 Å². The van der Waals surface area contributed by atoms with Crippen LogP contribution in [0.15, 0.2) is 81.5 Å². The normalized spacial score (nSPS) is 30.3. The number of aryl methyl sites for hydroxylation is 3. The number of aliphatic hydroxyl groups is 2. The molecule has 0 saturated carbocycles. The predicted molar refractivity (Wildman–Crippen MR) is 312 cm³/mol. The third kappa shape index (κ3) is 17.1. The number of phosphoric ester groups is 4. The van der Waals surface area contributed by atoms with Crippen molar-refractivity contribution in [1.82, 2.24) is 47.8 Å². The number of aromatic nitrogens is 10. The van der Waals surface area contributed by atoms with Crippen LogP contribution in [-0.4, -0.2) is 172 Å². The van der Waals surface area contributed by atoms with Crippen molar-refractivity contribution in [2.24, 2.45) is 0 Å². The highest BCUT2D eigenvalue weighted by molar-refractivity contribution is 7.48. The number of nitrogens with zero attached hydrogens (tertiary/aromatic N) is 7. The lowest BCUT2D eigenvalue weighted by atomic mass is 10.2. The first-order valence-corrected chi connectivity index (χ1v) is 34.5. The molecule has 522 valence electrons. The third-order valence-corrected chi connectivity index (χ3v) is 19.5. The molecule has 47 heteroatoms. The van der Waals surface area contributed by atoms with Crippen molar-refractivity contribution in [2.75, 3.05) is 44.5 Å². The maximum absolute atomic E-state index is 14.1. The fourth-order valence-electron chi connectivity index (χ4n) is 10.7. The molecule has 10 heterocycles. The number of nitrogens with one attached hydrogen (secondary N) is 3. The number of nitrogen functional groups attached to an aromatic ring is 2. The van der Waals surface area contributed by atoms with Gasteiger partial charge in [-0.25, -0.2) is 42.2 Å². The first-order valence-electron chi connectivity index (χ1n) is 28.5. The summed E-state index contributed by atoms with van der Waals surface area (Å²) < 4.78 is 132. The Hall–Kier alpha value is -6.44. The van der Waals surface area contributed by atoms with Crippen molar-refractivity contribution < 1.29 is 108 Å². The summed E-state index contributed by atoms with van der Waals surface area (Å²) in [7, 11) is -21.7. The summed E-state index contributed by atoms with van der Waals surface area (Å²) in [6.45, 7) is -0.771. The summed E-state index contributed by atoms with van der Waals surface area (Å²) in [6.07, 6.45) is -18.9. The maximum Gasteiger partial charge on any atom is 0.472 e. The summed E-state index contributed by atoms with van der Waals surface area (Å²) in [5.74, 6) is -0.284. The van der Waals surface area contributed by atoms with Crippen LogP contribution in [0.3, 0.4) is 0 Å². The van der Waals surface area contributed by atoms with Crippen molar-refractivity contribution in [3.63, 3.8) is 0 Å². The Bertz CT molecular complexity index is 4380. The molecular weight excluding hydrogens is 1360 g/mol. The number of H-pyrrole nitrogens is 3. The van der Waals surface area contributed by atoms with Gasteiger partial charge in [0.2, 0.25) is 0 Å². The smallest absolute Gasteiger partial charge is 0.394 e. The molecule has 4 unspecified atom stereocenters. The second-order valence-corrected chi connectivity index (χ2v) is 27.9. The molecule has 0 radical (unpaired) electrons. The number of aromatic amines is 3. The molecule has 95 heavy (non-hydrogen) atoms. The summed E-state index contributed by atoms with van der Waals surface area (Å²) in [6, 6.07) is 2.51.